The summed E-state index contributed by atoms with van der Waals surface area (Å²) in [6.07, 6.45) is 4.35. The summed E-state index contributed by atoms with van der Waals surface area (Å²) < 4.78 is 0. The van der Waals surface area contributed by atoms with Gasteiger partial charge in [-0.25, -0.2) is 0 Å². The second-order valence-corrected chi connectivity index (χ2v) is 3.60. The third-order valence-electron chi connectivity index (χ3n) is 2.60. The molecule has 0 bridgehead atoms. The van der Waals surface area contributed by atoms with Gasteiger partial charge in [0.15, 0.2) is 0 Å². The Morgan fingerprint density at radius 2 is 2.27 bits per heavy atom. The number of aliphatic hydroxyl groups is 1. The molecule has 0 aromatic rings. The molecule has 2 atom stereocenters. The van der Waals surface area contributed by atoms with E-state index in [-0.39, 0.29) is 6.10 Å². The van der Waals surface area contributed by atoms with Crippen LogP contribution in [0.4, 0.5) is 0 Å². The summed E-state index contributed by atoms with van der Waals surface area (Å²) >= 11 is 0. The van der Waals surface area contributed by atoms with Gasteiger partial charge in [0.25, 0.3) is 0 Å². The molecule has 0 aromatic heterocycles. The van der Waals surface area contributed by atoms with Crippen molar-refractivity contribution < 1.29 is 5.11 Å². The van der Waals surface area contributed by atoms with Gasteiger partial charge in [0.2, 0.25) is 0 Å². The van der Waals surface area contributed by atoms with Crippen molar-refractivity contribution in [3.63, 3.8) is 0 Å². The number of likely N-dealkylation sites (tertiary alicyclic amines) is 1. The molecule has 0 saturated carbocycles. The third kappa shape index (κ3) is 2.46. The van der Waals surface area contributed by atoms with E-state index in [1.165, 1.54) is 12.8 Å². The van der Waals surface area contributed by atoms with Gasteiger partial charge in [-0.2, -0.15) is 0 Å². The van der Waals surface area contributed by atoms with E-state index in [1.54, 1.807) is 0 Å². The molecule has 1 aliphatic rings. The number of rotatable bonds is 2. The summed E-state index contributed by atoms with van der Waals surface area (Å²) in [6.45, 7) is 3.26. The first kappa shape index (κ1) is 9.01. The SMILES string of the molecule is CCC[C@H]1C[C@H](O)CCN1C. The summed E-state index contributed by atoms with van der Waals surface area (Å²) in [5, 5.41) is 9.40. The van der Waals surface area contributed by atoms with Gasteiger partial charge in [0.1, 0.15) is 0 Å². The fourth-order valence-electron chi connectivity index (χ4n) is 1.82. The predicted molar refractivity (Wildman–Crippen MR) is 46.6 cm³/mol. The Kier molecular flexibility index (Phi) is 3.34. The van der Waals surface area contributed by atoms with Crippen LogP contribution in [0.5, 0.6) is 0 Å². The molecule has 11 heavy (non-hydrogen) atoms. The Labute approximate surface area is 69.2 Å². The van der Waals surface area contributed by atoms with E-state index in [9.17, 15) is 5.11 Å². The molecule has 1 fully saturated rings. The second-order valence-electron chi connectivity index (χ2n) is 3.60. The standard InChI is InChI=1S/C9H19NO/c1-3-4-8-7-9(11)5-6-10(8)2/h8-9,11H,3-7H2,1-2H3/t8-,9+/m0/s1. The Balaban J connectivity index is 2.34. The molecule has 0 unspecified atom stereocenters. The van der Waals surface area contributed by atoms with Gasteiger partial charge in [0, 0.05) is 12.6 Å². The maximum absolute atomic E-state index is 9.40. The number of aliphatic hydroxyl groups excluding tert-OH is 1. The maximum atomic E-state index is 9.40. The van der Waals surface area contributed by atoms with E-state index in [1.807, 2.05) is 0 Å². The van der Waals surface area contributed by atoms with Crippen LogP contribution in [0.2, 0.25) is 0 Å². The van der Waals surface area contributed by atoms with Gasteiger partial charge < -0.3 is 10.0 Å². The molecule has 2 nitrogen and oxygen atoms in total. The smallest absolute Gasteiger partial charge is 0.0567 e. The minimum Gasteiger partial charge on any atom is -0.393 e. The first-order chi connectivity index (χ1) is 5.24. The van der Waals surface area contributed by atoms with E-state index >= 15 is 0 Å². The monoisotopic (exact) mass is 157 g/mol. The van der Waals surface area contributed by atoms with Crippen molar-refractivity contribution in [1.82, 2.24) is 4.90 Å². The highest BCUT2D eigenvalue weighted by atomic mass is 16.3. The van der Waals surface area contributed by atoms with Gasteiger partial charge in [0.05, 0.1) is 6.10 Å². The molecule has 2 heteroatoms. The van der Waals surface area contributed by atoms with Crippen molar-refractivity contribution in [2.24, 2.45) is 0 Å². The van der Waals surface area contributed by atoms with Crippen molar-refractivity contribution in [2.45, 2.75) is 44.8 Å². The van der Waals surface area contributed by atoms with Gasteiger partial charge in [-0.1, -0.05) is 13.3 Å². The second kappa shape index (κ2) is 4.07. The average molecular weight is 157 g/mol. The third-order valence-corrected chi connectivity index (χ3v) is 2.60. The highest BCUT2D eigenvalue weighted by Gasteiger charge is 2.23. The number of hydrogen-bond donors (Lipinski definition) is 1. The number of hydrogen-bond acceptors (Lipinski definition) is 2. The molecule has 0 aromatic carbocycles. The summed E-state index contributed by atoms with van der Waals surface area (Å²) in [6, 6.07) is 0.628. The van der Waals surface area contributed by atoms with Crippen LogP contribution < -0.4 is 0 Å². The number of nitrogens with zero attached hydrogens (tertiary/aromatic N) is 1. The zero-order chi connectivity index (χ0) is 8.27. The Morgan fingerprint density at radius 3 is 2.91 bits per heavy atom. The minimum atomic E-state index is -0.0391. The predicted octanol–water partition coefficient (Wildman–Crippen LogP) is 1.24. The van der Waals surface area contributed by atoms with E-state index in [0.29, 0.717) is 6.04 Å². The van der Waals surface area contributed by atoms with Crippen LogP contribution in [-0.4, -0.2) is 35.7 Å². The van der Waals surface area contributed by atoms with E-state index in [2.05, 4.69) is 18.9 Å². The lowest BCUT2D eigenvalue weighted by Crippen LogP contribution is -2.41. The van der Waals surface area contributed by atoms with Gasteiger partial charge in [-0.15, -0.1) is 0 Å². The lowest BCUT2D eigenvalue weighted by atomic mass is 9.97. The average Bonchev–Trinajstić information content (AvgIpc) is 1.98. The van der Waals surface area contributed by atoms with Gasteiger partial charge in [-0.3, -0.25) is 0 Å². The zero-order valence-corrected chi connectivity index (χ0v) is 7.58. The molecule has 0 spiro atoms. The molecule has 1 N–H and O–H groups in total. The number of piperidine rings is 1. The van der Waals surface area contributed by atoms with E-state index in [0.717, 1.165) is 19.4 Å². The first-order valence-electron chi connectivity index (χ1n) is 4.62. The fourth-order valence-corrected chi connectivity index (χ4v) is 1.82. The van der Waals surface area contributed by atoms with Crippen molar-refractivity contribution in [3.05, 3.63) is 0 Å². The summed E-state index contributed by atoms with van der Waals surface area (Å²) in [7, 11) is 2.16. The van der Waals surface area contributed by atoms with Crippen LogP contribution in [0.15, 0.2) is 0 Å². The minimum absolute atomic E-state index is 0.0391. The van der Waals surface area contributed by atoms with Crippen molar-refractivity contribution >= 4 is 0 Å². The Morgan fingerprint density at radius 1 is 1.55 bits per heavy atom. The first-order valence-corrected chi connectivity index (χ1v) is 4.62. The normalized spacial score (nSPS) is 34.1. The highest BCUT2D eigenvalue weighted by molar-refractivity contribution is 4.78. The van der Waals surface area contributed by atoms with Crippen LogP contribution in [-0.2, 0) is 0 Å². The summed E-state index contributed by atoms with van der Waals surface area (Å²) in [5.41, 5.74) is 0. The molecule has 0 amide bonds. The summed E-state index contributed by atoms with van der Waals surface area (Å²) in [5.74, 6) is 0. The van der Waals surface area contributed by atoms with Crippen LogP contribution in [0.25, 0.3) is 0 Å². The fraction of sp³-hybridized carbons (Fsp3) is 1.00. The van der Waals surface area contributed by atoms with Crippen LogP contribution in [0.1, 0.15) is 32.6 Å². The van der Waals surface area contributed by atoms with E-state index in [4.69, 9.17) is 0 Å². The largest absolute Gasteiger partial charge is 0.393 e. The van der Waals surface area contributed by atoms with Gasteiger partial charge in [-0.05, 0) is 26.3 Å². The maximum Gasteiger partial charge on any atom is 0.0567 e. The molecule has 1 saturated heterocycles. The Hall–Kier alpha value is -0.0800. The lowest BCUT2D eigenvalue weighted by molar-refractivity contribution is 0.0522. The van der Waals surface area contributed by atoms with Crippen LogP contribution >= 0.6 is 0 Å². The molecular weight excluding hydrogens is 138 g/mol. The van der Waals surface area contributed by atoms with Crippen LogP contribution in [0, 0.1) is 0 Å². The molecule has 1 heterocycles. The van der Waals surface area contributed by atoms with Crippen LogP contribution in [0.3, 0.4) is 0 Å². The lowest BCUT2D eigenvalue weighted by Gasteiger charge is -2.34. The Bertz CT molecular complexity index is 116. The molecule has 0 aliphatic carbocycles. The topological polar surface area (TPSA) is 23.5 Å². The quantitative estimate of drug-likeness (QED) is 0.652. The van der Waals surface area contributed by atoms with Crippen molar-refractivity contribution in [3.8, 4) is 0 Å². The van der Waals surface area contributed by atoms with Crippen molar-refractivity contribution in [1.29, 1.82) is 0 Å². The highest BCUT2D eigenvalue weighted by Crippen LogP contribution is 2.19. The molecular formula is C9H19NO. The molecule has 1 rings (SSSR count). The van der Waals surface area contributed by atoms with Gasteiger partial charge >= 0.3 is 0 Å². The van der Waals surface area contributed by atoms with Crippen molar-refractivity contribution in [2.75, 3.05) is 13.6 Å². The van der Waals surface area contributed by atoms with E-state index < -0.39 is 0 Å². The zero-order valence-electron chi connectivity index (χ0n) is 7.58. The molecule has 0 radical (unpaired) electrons. The molecule has 66 valence electrons. The molecule has 1 aliphatic heterocycles. The summed E-state index contributed by atoms with van der Waals surface area (Å²) in [4.78, 5) is 2.37.